The van der Waals surface area contributed by atoms with Crippen LogP contribution in [0, 0.1) is 0 Å². The van der Waals surface area contributed by atoms with Crippen LogP contribution in [-0.4, -0.2) is 24.0 Å². The smallest absolute Gasteiger partial charge is 0.252 e. The minimum Gasteiger partial charge on any atom is -0.375 e. The maximum Gasteiger partial charge on any atom is 0.252 e. The van der Waals surface area contributed by atoms with Gasteiger partial charge in [-0.2, -0.15) is 0 Å². The number of anilines is 4. The maximum absolute atomic E-state index is 12.1. The summed E-state index contributed by atoms with van der Waals surface area (Å²) < 4.78 is 0. The molecule has 1 aromatic heterocycles. The lowest BCUT2D eigenvalue weighted by Gasteiger charge is -2.29. The van der Waals surface area contributed by atoms with Crippen LogP contribution in [0.2, 0.25) is 0 Å². The van der Waals surface area contributed by atoms with Crippen molar-refractivity contribution in [1.29, 1.82) is 0 Å². The summed E-state index contributed by atoms with van der Waals surface area (Å²) in [6.07, 6.45) is 7.38. The number of benzene rings is 2. The number of hydrogen-bond donors (Lipinski definition) is 3. The summed E-state index contributed by atoms with van der Waals surface area (Å²) in [5.74, 6) is 0.194. The molecule has 0 unspecified atom stereocenters. The quantitative estimate of drug-likeness (QED) is 0.493. The van der Waals surface area contributed by atoms with E-state index in [0.29, 0.717) is 17.1 Å². The number of hydrogen-bond acceptors (Lipinski definition) is 5. The number of aromatic nitrogens is 1. The van der Waals surface area contributed by atoms with Crippen molar-refractivity contribution in [3.8, 4) is 0 Å². The Balaban J connectivity index is 1.40. The molecule has 1 amide bonds. The Morgan fingerprint density at radius 1 is 0.969 bits per heavy atom. The summed E-state index contributed by atoms with van der Waals surface area (Å²) in [4.78, 5) is 19.0. The number of carbonyl (C=O) groups excluding carboxylic acids is 1. The lowest BCUT2D eigenvalue weighted by molar-refractivity contribution is 0.100. The molecule has 2 aromatic carbocycles. The Morgan fingerprint density at radius 2 is 1.75 bits per heavy atom. The van der Waals surface area contributed by atoms with Crippen LogP contribution in [0.25, 0.3) is 0 Å². The molecule has 2 aliphatic rings. The van der Waals surface area contributed by atoms with Crippen molar-refractivity contribution in [2.24, 2.45) is 5.73 Å². The first kappa shape index (κ1) is 20.4. The summed E-state index contributed by atoms with van der Waals surface area (Å²) in [6.45, 7) is 2.20. The van der Waals surface area contributed by atoms with E-state index >= 15 is 0 Å². The van der Waals surface area contributed by atoms with Gasteiger partial charge in [0, 0.05) is 36.7 Å². The molecule has 164 valence electrons. The molecule has 1 aliphatic carbocycles. The van der Waals surface area contributed by atoms with E-state index in [0.717, 1.165) is 31.6 Å². The SMILES string of the molecule is NC(=O)c1cnc(Nc2cccc(N3CCCCC3)c2)cc1NC1(c2ccccc2)CC1. The van der Waals surface area contributed by atoms with Crippen LogP contribution in [0.15, 0.2) is 66.9 Å². The molecule has 1 saturated heterocycles. The number of pyridine rings is 1. The fourth-order valence-corrected chi connectivity index (χ4v) is 4.53. The predicted molar refractivity (Wildman–Crippen MR) is 130 cm³/mol. The monoisotopic (exact) mass is 427 g/mol. The zero-order valence-corrected chi connectivity index (χ0v) is 18.2. The number of nitrogens with zero attached hydrogens (tertiary/aromatic N) is 2. The first-order chi connectivity index (χ1) is 15.6. The minimum atomic E-state index is -0.484. The topological polar surface area (TPSA) is 83.3 Å². The Labute approximate surface area is 188 Å². The van der Waals surface area contributed by atoms with Gasteiger partial charge in [0.05, 0.1) is 16.8 Å². The molecule has 3 aromatic rings. The van der Waals surface area contributed by atoms with Gasteiger partial charge in [-0.05, 0) is 55.9 Å². The molecular weight excluding hydrogens is 398 g/mol. The minimum absolute atomic E-state index is 0.155. The van der Waals surface area contributed by atoms with Crippen molar-refractivity contribution in [3.63, 3.8) is 0 Å². The van der Waals surface area contributed by atoms with E-state index in [2.05, 4.69) is 50.8 Å². The van der Waals surface area contributed by atoms with E-state index < -0.39 is 5.91 Å². The molecule has 4 N–H and O–H groups in total. The number of nitrogens with one attached hydrogen (secondary N) is 2. The molecule has 2 heterocycles. The average Bonchev–Trinajstić information content (AvgIpc) is 3.61. The van der Waals surface area contributed by atoms with Gasteiger partial charge < -0.3 is 21.3 Å². The number of rotatable bonds is 7. The van der Waals surface area contributed by atoms with Crippen molar-refractivity contribution in [3.05, 3.63) is 78.0 Å². The second-order valence-corrected chi connectivity index (χ2v) is 8.78. The molecule has 6 heteroatoms. The van der Waals surface area contributed by atoms with E-state index in [1.165, 1.54) is 30.5 Å². The third kappa shape index (κ3) is 4.26. The first-order valence-corrected chi connectivity index (χ1v) is 11.4. The molecule has 0 atom stereocenters. The highest BCUT2D eigenvalue weighted by molar-refractivity contribution is 5.99. The van der Waals surface area contributed by atoms with Gasteiger partial charge in [-0.3, -0.25) is 4.79 Å². The van der Waals surface area contributed by atoms with Crippen LogP contribution < -0.4 is 21.3 Å². The molecule has 1 aliphatic heterocycles. The predicted octanol–water partition coefficient (Wildman–Crippen LogP) is 5.02. The summed E-state index contributed by atoms with van der Waals surface area (Å²) >= 11 is 0. The van der Waals surface area contributed by atoms with E-state index in [-0.39, 0.29) is 5.54 Å². The van der Waals surface area contributed by atoms with Gasteiger partial charge in [0.25, 0.3) is 5.91 Å². The van der Waals surface area contributed by atoms with E-state index in [4.69, 9.17) is 5.73 Å². The van der Waals surface area contributed by atoms with Gasteiger partial charge in [-0.15, -0.1) is 0 Å². The van der Waals surface area contributed by atoms with Crippen molar-refractivity contribution < 1.29 is 4.79 Å². The molecule has 0 bridgehead atoms. The number of amides is 1. The summed E-state index contributed by atoms with van der Waals surface area (Å²) in [7, 11) is 0. The van der Waals surface area contributed by atoms with Gasteiger partial charge in [0.1, 0.15) is 5.82 Å². The van der Waals surface area contributed by atoms with Gasteiger partial charge >= 0.3 is 0 Å². The fourth-order valence-electron chi connectivity index (χ4n) is 4.53. The Morgan fingerprint density at radius 3 is 2.47 bits per heavy atom. The summed E-state index contributed by atoms with van der Waals surface area (Å²) in [5, 5.41) is 7.00. The van der Waals surface area contributed by atoms with Crippen LogP contribution in [0.1, 0.15) is 48.0 Å². The highest BCUT2D eigenvalue weighted by Gasteiger charge is 2.44. The van der Waals surface area contributed by atoms with E-state index in [9.17, 15) is 4.79 Å². The van der Waals surface area contributed by atoms with Crippen molar-refractivity contribution in [2.45, 2.75) is 37.6 Å². The zero-order chi connectivity index (χ0) is 22.0. The number of carbonyl (C=O) groups is 1. The molecule has 32 heavy (non-hydrogen) atoms. The highest BCUT2D eigenvalue weighted by atomic mass is 16.1. The number of primary amides is 1. The van der Waals surface area contributed by atoms with Gasteiger partial charge in [0.15, 0.2) is 0 Å². The molecule has 5 rings (SSSR count). The van der Waals surface area contributed by atoms with Crippen LogP contribution in [0.3, 0.4) is 0 Å². The van der Waals surface area contributed by atoms with Crippen LogP contribution >= 0.6 is 0 Å². The summed E-state index contributed by atoms with van der Waals surface area (Å²) in [6, 6.07) is 20.7. The molecule has 0 spiro atoms. The van der Waals surface area contributed by atoms with Crippen LogP contribution in [-0.2, 0) is 5.54 Å². The third-order valence-electron chi connectivity index (χ3n) is 6.46. The van der Waals surface area contributed by atoms with Crippen molar-refractivity contribution in [2.75, 3.05) is 28.6 Å². The van der Waals surface area contributed by atoms with Gasteiger partial charge in [-0.25, -0.2) is 4.98 Å². The largest absolute Gasteiger partial charge is 0.375 e. The number of piperidine rings is 1. The van der Waals surface area contributed by atoms with Crippen LogP contribution in [0.4, 0.5) is 22.9 Å². The van der Waals surface area contributed by atoms with Gasteiger partial charge in [0.2, 0.25) is 0 Å². The fraction of sp³-hybridized carbons (Fsp3) is 0.308. The third-order valence-corrected chi connectivity index (χ3v) is 6.46. The first-order valence-electron chi connectivity index (χ1n) is 11.4. The lowest BCUT2D eigenvalue weighted by atomic mass is 10.0. The normalized spacial score (nSPS) is 16.9. The van der Waals surface area contributed by atoms with Crippen LogP contribution in [0.5, 0.6) is 0 Å². The van der Waals surface area contributed by atoms with Crippen molar-refractivity contribution in [1.82, 2.24) is 4.98 Å². The second-order valence-electron chi connectivity index (χ2n) is 8.78. The summed E-state index contributed by atoms with van der Waals surface area (Å²) in [5.41, 5.74) is 10.0. The lowest BCUT2D eigenvalue weighted by Crippen LogP contribution is -2.29. The van der Waals surface area contributed by atoms with E-state index in [1.807, 2.05) is 30.3 Å². The maximum atomic E-state index is 12.1. The second kappa shape index (κ2) is 8.54. The molecular formula is C26H29N5O. The Hall–Kier alpha value is -3.54. The standard InChI is InChI=1S/C26H29N5O/c27-25(32)22-18-28-24(17-23(22)30-26(12-13-26)19-8-3-1-4-9-19)29-20-10-7-11-21(16-20)31-14-5-2-6-15-31/h1,3-4,7-11,16-18H,2,5-6,12-15H2,(H2,27,32)(H2,28,29,30). The molecule has 0 radical (unpaired) electrons. The molecule has 2 fully saturated rings. The Bertz CT molecular complexity index is 1100. The number of nitrogens with two attached hydrogens (primary N) is 1. The zero-order valence-electron chi connectivity index (χ0n) is 18.2. The van der Waals surface area contributed by atoms with E-state index in [1.54, 1.807) is 6.20 Å². The van der Waals surface area contributed by atoms with Gasteiger partial charge in [-0.1, -0.05) is 36.4 Å². The molecule has 6 nitrogen and oxygen atoms in total. The molecule has 1 saturated carbocycles. The van der Waals surface area contributed by atoms with Crippen molar-refractivity contribution >= 4 is 28.8 Å². The average molecular weight is 428 g/mol. The highest BCUT2D eigenvalue weighted by Crippen LogP contribution is 2.48. The Kier molecular flexibility index (Phi) is 5.43.